The zero-order valence-corrected chi connectivity index (χ0v) is 9.37. The number of halogens is 1. The lowest BCUT2D eigenvalue weighted by Crippen LogP contribution is -2.06. The Balaban J connectivity index is 2.46. The molecule has 0 aliphatic heterocycles. The normalized spacial score (nSPS) is 10.4. The third-order valence-corrected chi connectivity index (χ3v) is 2.34. The highest BCUT2D eigenvalue weighted by Crippen LogP contribution is 2.18. The van der Waals surface area contributed by atoms with Crippen LogP contribution < -0.4 is 5.32 Å². The van der Waals surface area contributed by atoms with E-state index in [-0.39, 0.29) is 5.82 Å². The third-order valence-electron chi connectivity index (χ3n) is 2.34. The van der Waals surface area contributed by atoms with Gasteiger partial charge in [-0.05, 0) is 31.5 Å². The Labute approximate surface area is 93.9 Å². The zero-order valence-electron chi connectivity index (χ0n) is 9.37. The van der Waals surface area contributed by atoms with Gasteiger partial charge in [0.25, 0.3) is 0 Å². The van der Waals surface area contributed by atoms with Gasteiger partial charge in [-0.1, -0.05) is 6.07 Å². The maximum absolute atomic E-state index is 13.8. The highest BCUT2D eigenvalue weighted by atomic mass is 19.1. The van der Waals surface area contributed by atoms with Crippen LogP contribution in [0, 0.1) is 12.7 Å². The summed E-state index contributed by atoms with van der Waals surface area (Å²) in [5.41, 5.74) is 1.42. The van der Waals surface area contributed by atoms with Crippen LogP contribution in [0.1, 0.15) is 12.5 Å². The fraction of sp³-hybridized carbons (Fsp3) is 0.250. The van der Waals surface area contributed by atoms with Crippen LogP contribution in [0.25, 0.3) is 5.69 Å². The van der Waals surface area contributed by atoms with Crippen molar-refractivity contribution in [3.05, 3.63) is 42.0 Å². The molecule has 84 valence electrons. The van der Waals surface area contributed by atoms with Gasteiger partial charge in [0.2, 0.25) is 5.95 Å². The molecule has 1 heterocycles. The predicted molar refractivity (Wildman–Crippen MR) is 62.4 cm³/mol. The van der Waals surface area contributed by atoms with Gasteiger partial charge in [-0.25, -0.2) is 9.37 Å². The number of benzene rings is 1. The first-order valence-corrected chi connectivity index (χ1v) is 5.26. The first-order valence-electron chi connectivity index (χ1n) is 5.26. The van der Waals surface area contributed by atoms with Crippen LogP contribution in [-0.2, 0) is 0 Å². The molecule has 0 atom stereocenters. The number of anilines is 1. The van der Waals surface area contributed by atoms with E-state index in [2.05, 4.69) is 10.3 Å². The SMILES string of the molecule is CCNc1nccn1-c1ccc(C)cc1F. The topological polar surface area (TPSA) is 29.9 Å². The second-order valence-electron chi connectivity index (χ2n) is 3.61. The monoisotopic (exact) mass is 219 g/mol. The average molecular weight is 219 g/mol. The minimum atomic E-state index is -0.239. The van der Waals surface area contributed by atoms with Gasteiger partial charge in [-0.15, -0.1) is 0 Å². The number of nitrogens with zero attached hydrogens (tertiary/aromatic N) is 2. The predicted octanol–water partition coefficient (Wildman–Crippen LogP) is 2.75. The standard InChI is InChI=1S/C12H14FN3/c1-3-14-12-15-6-7-16(12)11-5-4-9(2)8-10(11)13/h4-8H,3H2,1-2H3,(H,14,15). The molecule has 0 amide bonds. The molecule has 0 saturated carbocycles. The molecule has 2 aromatic rings. The molecule has 0 saturated heterocycles. The zero-order chi connectivity index (χ0) is 11.5. The van der Waals surface area contributed by atoms with Crippen molar-refractivity contribution in [1.29, 1.82) is 0 Å². The van der Waals surface area contributed by atoms with E-state index in [0.717, 1.165) is 12.1 Å². The quantitative estimate of drug-likeness (QED) is 0.860. The summed E-state index contributed by atoms with van der Waals surface area (Å²) >= 11 is 0. The van der Waals surface area contributed by atoms with Crippen LogP contribution >= 0.6 is 0 Å². The fourth-order valence-corrected chi connectivity index (χ4v) is 1.59. The molecule has 0 fully saturated rings. The summed E-state index contributed by atoms with van der Waals surface area (Å²) in [4.78, 5) is 4.13. The van der Waals surface area contributed by atoms with Crippen molar-refractivity contribution in [1.82, 2.24) is 9.55 Å². The van der Waals surface area contributed by atoms with Gasteiger partial charge < -0.3 is 5.32 Å². The Kier molecular flexibility index (Phi) is 2.90. The minimum absolute atomic E-state index is 0.239. The summed E-state index contributed by atoms with van der Waals surface area (Å²) < 4.78 is 15.5. The van der Waals surface area contributed by atoms with Crippen molar-refractivity contribution < 1.29 is 4.39 Å². The molecule has 0 spiro atoms. The second kappa shape index (κ2) is 4.35. The van der Waals surface area contributed by atoms with Gasteiger partial charge >= 0.3 is 0 Å². The van der Waals surface area contributed by atoms with Crippen LogP contribution in [0.2, 0.25) is 0 Å². The second-order valence-corrected chi connectivity index (χ2v) is 3.61. The fourth-order valence-electron chi connectivity index (χ4n) is 1.59. The molecular weight excluding hydrogens is 205 g/mol. The maximum Gasteiger partial charge on any atom is 0.207 e. The molecule has 0 unspecified atom stereocenters. The Morgan fingerprint density at radius 1 is 1.44 bits per heavy atom. The van der Waals surface area contributed by atoms with Gasteiger partial charge in [-0.3, -0.25) is 4.57 Å². The van der Waals surface area contributed by atoms with E-state index in [1.807, 2.05) is 19.9 Å². The number of aromatic nitrogens is 2. The Bertz CT molecular complexity index is 491. The third kappa shape index (κ3) is 1.91. The molecule has 1 aromatic carbocycles. The van der Waals surface area contributed by atoms with Crippen molar-refractivity contribution in [3.63, 3.8) is 0 Å². The van der Waals surface area contributed by atoms with Gasteiger partial charge in [0.1, 0.15) is 5.82 Å². The molecule has 0 aliphatic rings. The molecule has 1 N–H and O–H groups in total. The van der Waals surface area contributed by atoms with Crippen molar-refractivity contribution in [2.24, 2.45) is 0 Å². The lowest BCUT2D eigenvalue weighted by atomic mass is 10.2. The molecule has 2 rings (SSSR count). The number of rotatable bonds is 3. The summed E-state index contributed by atoms with van der Waals surface area (Å²) in [6.07, 6.45) is 3.39. The van der Waals surface area contributed by atoms with E-state index < -0.39 is 0 Å². The van der Waals surface area contributed by atoms with E-state index in [4.69, 9.17) is 0 Å². The Hall–Kier alpha value is -1.84. The van der Waals surface area contributed by atoms with Gasteiger partial charge in [0.05, 0.1) is 5.69 Å². The molecule has 0 aliphatic carbocycles. The Morgan fingerprint density at radius 3 is 2.94 bits per heavy atom. The highest BCUT2D eigenvalue weighted by molar-refractivity contribution is 5.43. The summed E-state index contributed by atoms with van der Waals surface area (Å²) in [6.45, 7) is 4.60. The maximum atomic E-state index is 13.8. The first kappa shape index (κ1) is 10.7. The highest BCUT2D eigenvalue weighted by Gasteiger charge is 2.08. The number of imidazole rings is 1. The van der Waals surface area contributed by atoms with Gasteiger partial charge in [0, 0.05) is 18.9 Å². The lowest BCUT2D eigenvalue weighted by molar-refractivity contribution is 0.617. The van der Waals surface area contributed by atoms with E-state index >= 15 is 0 Å². The smallest absolute Gasteiger partial charge is 0.207 e. The summed E-state index contributed by atoms with van der Waals surface area (Å²) in [7, 11) is 0. The summed E-state index contributed by atoms with van der Waals surface area (Å²) in [6, 6.07) is 5.16. The van der Waals surface area contributed by atoms with Crippen molar-refractivity contribution in [2.45, 2.75) is 13.8 Å². The van der Waals surface area contributed by atoms with Gasteiger partial charge in [-0.2, -0.15) is 0 Å². The molecule has 1 aromatic heterocycles. The van der Waals surface area contributed by atoms with Crippen molar-refractivity contribution in [3.8, 4) is 5.69 Å². The summed E-state index contributed by atoms with van der Waals surface area (Å²) in [5, 5.41) is 3.08. The van der Waals surface area contributed by atoms with Crippen LogP contribution in [0.4, 0.5) is 10.3 Å². The average Bonchev–Trinajstić information content (AvgIpc) is 2.67. The van der Waals surface area contributed by atoms with E-state index in [9.17, 15) is 4.39 Å². The van der Waals surface area contributed by atoms with E-state index in [1.165, 1.54) is 6.07 Å². The number of aryl methyl sites for hydroxylation is 1. The van der Waals surface area contributed by atoms with E-state index in [0.29, 0.717) is 11.6 Å². The number of hydrogen-bond acceptors (Lipinski definition) is 2. The summed E-state index contributed by atoms with van der Waals surface area (Å²) in [5.74, 6) is 0.419. The van der Waals surface area contributed by atoms with Crippen LogP contribution in [-0.4, -0.2) is 16.1 Å². The molecule has 0 bridgehead atoms. The molecular formula is C12H14FN3. The Morgan fingerprint density at radius 2 is 2.25 bits per heavy atom. The van der Waals surface area contributed by atoms with Crippen LogP contribution in [0.5, 0.6) is 0 Å². The molecule has 4 heteroatoms. The lowest BCUT2D eigenvalue weighted by Gasteiger charge is -2.09. The van der Waals surface area contributed by atoms with E-state index in [1.54, 1.807) is 23.0 Å². The first-order chi connectivity index (χ1) is 7.72. The number of hydrogen-bond donors (Lipinski definition) is 1. The number of nitrogens with one attached hydrogen (secondary N) is 1. The van der Waals surface area contributed by atoms with Crippen LogP contribution in [0.15, 0.2) is 30.6 Å². The minimum Gasteiger partial charge on any atom is -0.356 e. The van der Waals surface area contributed by atoms with Crippen LogP contribution in [0.3, 0.4) is 0 Å². The van der Waals surface area contributed by atoms with Crippen molar-refractivity contribution >= 4 is 5.95 Å². The molecule has 16 heavy (non-hydrogen) atoms. The molecule has 3 nitrogen and oxygen atoms in total. The van der Waals surface area contributed by atoms with Gasteiger partial charge in [0.15, 0.2) is 0 Å². The largest absolute Gasteiger partial charge is 0.356 e. The van der Waals surface area contributed by atoms with Crippen molar-refractivity contribution in [2.75, 3.05) is 11.9 Å². The molecule has 0 radical (unpaired) electrons.